The molecule has 8 nitrogen and oxygen atoms in total. The molecule has 3 atom stereocenters. The number of fused-ring (bicyclic) bond motifs is 1. The summed E-state index contributed by atoms with van der Waals surface area (Å²) in [5.41, 5.74) is 1.94. The Labute approximate surface area is 218 Å². The zero-order valence-corrected chi connectivity index (χ0v) is 21.7. The van der Waals surface area contributed by atoms with Gasteiger partial charge in [-0.25, -0.2) is 4.39 Å². The van der Waals surface area contributed by atoms with Gasteiger partial charge < -0.3 is 15.5 Å². The molecule has 0 spiro atoms. The van der Waals surface area contributed by atoms with E-state index in [1.165, 1.54) is 18.6 Å². The minimum absolute atomic E-state index is 0.0300. The van der Waals surface area contributed by atoms with Crippen LogP contribution in [0.3, 0.4) is 0 Å². The number of benzene rings is 1. The maximum absolute atomic E-state index is 14.3. The molecule has 3 aliphatic rings. The highest BCUT2D eigenvalue weighted by Crippen LogP contribution is 2.35. The minimum Gasteiger partial charge on any atom is -0.343 e. The van der Waals surface area contributed by atoms with Crippen molar-refractivity contribution in [3.8, 4) is 0 Å². The highest BCUT2D eigenvalue weighted by atomic mass is 19.1. The number of carbonyl (C=O) groups is 2. The summed E-state index contributed by atoms with van der Waals surface area (Å²) in [7, 11) is 1.74. The largest absolute Gasteiger partial charge is 0.343 e. The average Bonchev–Trinajstić information content (AvgIpc) is 3.57. The van der Waals surface area contributed by atoms with Crippen LogP contribution >= 0.6 is 0 Å². The number of likely N-dealkylation sites (N-methyl/N-ethyl adjacent to an activating group) is 1. The molecule has 1 aromatic heterocycles. The number of piperazine rings is 1. The fourth-order valence-electron chi connectivity index (χ4n) is 6.45. The van der Waals surface area contributed by atoms with Gasteiger partial charge in [-0.1, -0.05) is 31.4 Å². The van der Waals surface area contributed by atoms with E-state index in [1.807, 2.05) is 15.6 Å². The molecular weight excluding hydrogens is 471 g/mol. The summed E-state index contributed by atoms with van der Waals surface area (Å²) in [4.78, 5) is 31.5. The molecule has 200 valence electrons. The van der Waals surface area contributed by atoms with Crippen LogP contribution in [0.15, 0.2) is 36.5 Å². The Morgan fingerprint density at radius 3 is 2.59 bits per heavy atom. The quantitative estimate of drug-likeness (QED) is 0.571. The molecule has 0 radical (unpaired) electrons. The molecule has 1 aliphatic carbocycles. The zero-order chi connectivity index (χ0) is 25.8. The number of rotatable bonds is 8. The summed E-state index contributed by atoms with van der Waals surface area (Å²) < 4.78 is 15.4. The number of nitrogens with zero attached hydrogens (tertiary/aromatic N) is 4. The fourth-order valence-corrected chi connectivity index (χ4v) is 6.45. The standard InChI is InChI=1S/C28H39FN6O2/c1-30-16-26(36)32-27(21-6-3-2-4-7-21)28(37)34-18-23-8-5-15-33(23)19-25(34)24-13-14-31-35(24)17-20-9-11-22(29)12-10-20/h9-14,21,23,25,27,30H,2-8,15-19H2,1H3,(H,32,36). The first-order chi connectivity index (χ1) is 18.0. The molecule has 2 amide bonds. The number of nitrogens with one attached hydrogen (secondary N) is 2. The van der Waals surface area contributed by atoms with E-state index in [4.69, 9.17) is 0 Å². The van der Waals surface area contributed by atoms with Gasteiger partial charge in [0.1, 0.15) is 11.9 Å². The van der Waals surface area contributed by atoms with Gasteiger partial charge in [0, 0.05) is 25.3 Å². The van der Waals surface area contributed by atoms with Crippen LogP contribution < -0.4 is 10.6 Å². The van der Waals surface area contributed by atoms with Crippen molar-refractivity contribution in [1.29, 1.82) is 0 Å². The SMILES string of the molecule is CNCC(=O)NC(C(=O)N1CC2CCCN2CC1c1ccnn1Cc1ccc(F)cc1)C1CCCCC1. The maximum Gasteiger partial charge on any atom is 0.246 e. The predicted molar refractivity (Wildman–Crippen MR) is 139 cm³/mol. The van der Waals surface area contributed by atoms with Gasteiger partial charge in [-0.05, 0) is 69.0 Å². The molecule has 3 fully saturated rings. The lowest BCUT2D eigenvalue weighted by Gasteiger charge is -2.46. The van der Waals surface area contributed by atoms with E-state index in [2.05, 4.69) is 20.6 Å². The van der Waals surface area contributed by atoms with Gasteiger partial charge in [0.15, 0.2) is 0 Å². The zero-order valence-electron chi connectivity index (χ0n) is 21.7. The van der Waals surface area contributed by atoms with E-state index in [1.54, 1.807) is 25.4 Å². The summed E-state index contributed by atoms with van der Waals surface area (Å²) in [6.45, 7) is 3.17. The van der Waals surface area contributed by atoms with Crippen molar-refractivity contribution in [2.45, 2.75) is 69.6 Å². The van der Waals surface area contributed by atoms with Gasteiger partial charge in [0.05, 0.1) is 24.8 Å². The van der Waals surface area contributed by atoms with Crippen molar-refractivity contribution >= 4 is 11.8 Å². The van der Waals surface area contributed by atoms with E-state index in [-0.39, 0.29) is 36.1 Å². The Balaban J connectivity index is 1.43. The number of hydrogen-bond donors (Lipinski definition) is 2. The monoisotopic (exact) mass is 510 g/mol. The van der Waals surface area contributed by atoms with Crippen LogP contribution in [-0.4, -0.2) is 76.7 Å². The number of amides is 2. The molecule has 3 heterocycles. The normalized spacial score (nSPS) is 23.6. The van der Waals surface area contributed by atoms with Crippen LogP contribution in [0.5, 0.6) is 0 Å². The highest BCUT2D eigenvalue weighted by molar-refractivity contribution is 5.89. The molecule has 2 aromatic rings. The first-order valence-electron chi connectivity index (χ1n) is 13.8. The molecule has 3 unspecified atom stereocenters. The summed E-state index contributed by atoms with van der Waals surface area (Å²) in [6.07, 6.45) is 9.32. The van der Waals surface area contributed by atoms with Crippen molar-refractivity contribution in [2.75, 3.05) is 33.2 Å². The molecule has 2 aliphatic heterocycles. The van der Waals surface area contributed by atoms with E-state index in [0.29, 0.717) is 19.1 Å². The maximum atomic E-state index is 14.3. The Morgan fingerprint density at radius 2 is 1.84 bits per heavy atom. The molecule has 37 heavy (non-hydrogen) atoms. The summed E-state index contributed by atoms with van der Waals surface area (Å²) in [5.74, 6) is -0.206. The van der Waals surface area contributed by atoms with E-state index in [9.17, 15) is 14.0 Å². The molecule has 1 aromatic carbocycles. The number of aromatic nitrogens is 2. The second kappa shape index (κ2) is 11.7. The summed E-state index contributed by atoms with van der Waals surface area (Å²) in [6, 6.07) is 8.17. The Morgan fingerprint density at radius 1 is 1.05 bits per heavy atom. The Bertz CT molecular complexity index is 1070. The van der Waals surface area contributed by atoms with Gasteiger partial charge >= 0.3 is 0 Å². The van der Waals surface area contributed by atoms with Crippen molar-refractivity contribution in [3.05, 3.63) is 53.6 Å². The third-order valence-electron chi connectivity index (χ3n) is 8.35. The van der Waals surface area contributed by atoms with Gasteiger partial charge in [-0.3, -0.25) is 19.2 Å². The molecular formula is C28H39FN6O2. The topological polar surface area (TPSA) is 82.5 Å². The van der Waals surface area contributed by atoms with Crippen LogP contribution in [0, 0.1) is 11.7 Å². The Kier molecular flexibility index (Phi) is 8.20. The third kappa shape index (κ3) is 5.88. The van der Waals surface area contributed by atoms with Crippen LogP contribution in [-0.2, 0) is 16.1 Å². The van der Waals surface area contributed by atoms with Crippen LogP contribution in [0.2, 0.25) is 0 Å². The lowest BCUT2D eigenvalue weighted by Crippen LogP contribution is -2.60. The summed E-state index contributed by atoms with van der Waals surface area (Å²) in [5, 5.41) is 10.6. The average molecular weight is 511 g/mol. The van der Waals surface area contributed by atoms with Crippen LogP contribution in [0.25, 0.3) is 0 Å². The Hall–Kier alpha value is -2.78. The molecule has 0 bridgehead atoms. The first kappa shape index (κ1) is 25.9. The van der Waals surface area contributed by atoms with Gasteiger partial charge in [0.25, 0.3) is 0 Å². The lowest BCUT2D eigenvalue weighted by atomic mass is 9.82. The highest BCUT2D eigenvalue weighted by Gasteiger charge is 2.44. The molecule has 9 heteroatoms. The first-order valence-corrected chi connectivity index (χ1v) is 13.8. The van der Waals surface area contributed by atoms with Crippen LogP contribution in [0.4, 0.5) is 4.39 Å². The number of carbonyl (C=O) groups excluding carboxylic acids is 2. The predicted octanol–water partition coefficient (Wildman–Crippen LogP) is 2.70. The van der Waals surface area contributed by atoms with Gasteiger partial charge in [-0.15, -0.1) is 0 Å². The van der Waals surface area contributed by atoms with Gasteiger partial charge in [-0.2, -0.15) is 5.10 Å². The molecule has 1 saturated carbocycles. The van der Waals surface area contributed by atoms with Crippen molar-refractivity contribution in [3.63, 3.8) is 0 Å². The third-order valence-corrected chi connectivity index (χ3v) is 8.35. The van der Waals surface area contributed by atoms with E-state index < -0.39 is 6.04 Å². The number of halogens is 1. The van der Waals surface area contributed by atoms with E-state index >= 15 is 0 Å². The van der Waals surface area contributed by atoms with Crippen LogP contribution in [0.1, 0.15) is 62.2 Å². The molecule has 2 N–H and O–H groups in total. The fraction of sp³-hybridized carbons (Fsp3) is 0.607. The minimum atomic E-state index is -0.509. The molecule has 5 rings (SSSR count). The van der Waals surface area contributed by atoms with E-state index in [0.717, 1.165) is 62.9 Å². The van der Waals surface area contributed by atoms with Crippen molar-refractivity contribution in [1.82, 2.24) is 30.2 Å². The summed E-state index contributed by atoms with van der Waals surface area (Å²) >= 11 is 0. The lowest BCUT2D eigenvalue weighted by molar-refractivity contribution is -0.144. The second-order valence-electron chi connectivity index (χ2n) is 10.8. The second-order valence-corrected chi connectivity index (χ2v) is 10.8. The van der Waals surface area contributed by atoms with Gasteiger partial charge in [0.2, 0.25) is 11.8 Å². The van der Waals surface area contributed by atoms with Crippen molar-refractivity contribution in [2.24, 2.45) is 5.92 Å². The van der Waals surface area contributed by atoms with Crippen molar-refractivity contribution < 1.29 is 14.0 Å². The molecule has 2 saturated heterocycles. The number of hydrogen-bond acceptors (Lipinski definition) is 5. The smallest absolute Gasteiger partial charge is 0.246 e.